The van der Waals surface area contributed by atoms with Gasteiger partial charge in [0.05, 0.1) is 0 Å². The predicted octanol–water partition coefficient (Wildman–Crippen LogP) is 1.80. The molecule has 82 valence electrons. The van der Waals surface area contributed by atoms with Gasteiger partial charge in [0.25, 0.3) is 5.56 Å². The second kappa shape index (κ2) is 3.89. The van der Waals surface area contributed by atoms with E-state index in [1.54, 1.807) is 6.07 Å². The molecule has 16 heavy (non-hydrogen) atoms. The third kappa shape index (κ3) is 2.00. The Morgan fingerprint density at radius 2 is 2.12 bits per heavy atom. The van der Waals surface area contributed by atoms with Crippen LogP contribution in [0.15, 0.2) is 29.1 Å². The lowest BCUT2D eigenvalue weighted by atomic mass is 10.1. The summed E-state index contributed by atoms with van der Waals surface area (Å²) in [5.74, 6) is -0.463. The number of aromatic amines is 1. The average Bonchev–Trinajstić information content (AvgIpc) is 2.19. The van der Waals surface area contributed by atoms with E-state index in [1.165, 1.54) is 25.1 Å². The van der Waals surface area contributed by atoms with Gasteiger partial charge in [-0.3, -0.25) is 9.59 Å². The number of benzene rings is 1. The predicted molar refractivity (Wildman–Crippen MR) is 58.9 cm³/mol. The van der Waals surface area contributed by atoms with Crippen LogP contribution in [0.25, 0.3) is 10.9 Å². The molecule has 0 fully saturated rings. The molecule has 1 heterocycles. The highest BCUT2D eigenvalue weighted by Crippen LogP contribution is 2.13. The molecule has 0 aliphatic heterocycles. The van der Waals surface area contributed by atoms with Crippen molar-refractivity contribution in [3.63, 3.8) is 0 Å². The summed E-state index contributed by atoms with van der Waals surface area (Å²) < 4.78 is 13.0. The van der Waals surface area contributed by atoms with Crippen molar-refractivity contribution in [2.75, 3.05) is 0 Å². The lowest BCUT2D eigenvalue weighted by molar-refractivity contribution is -0.116. The number of hydrogen-bond donors (Lipinski definition) is 1. The number of rotatable bonds is 2. The van der Waals surface area contributed by atoms with Gasteiger partial charge in [-0.2, -0.15) is 0 Å². The molecule has 4 heteroatoms. The van der Waals surface area contributed by atoms with Crippen LogP contribution < -0.4 is 5.56 Å². The maximum absolute atomic E-state index is 13.0. The van der Waals surface area contributed by atoms with E-state index >= 15 is 0 Å². The highest BCUT2D eigenvalue weighted by molar-refractivity contribution is 5.82. The Morgan fingerprint density at radius 3 is 2.81 bits per heavy atom. The first-order valence-electron chi connectivity index (χ1n) is 4.87. The van der Waals surface area contributed by atoms with E-state index in [1.807, 2.05) is 0 Å². The minimum atomic E-state index is -0.367. The van der Waals surface area contributed by atoms with Crippen molar-refractivity contribution in [3.05, 3.63) is 46.0 Å². The molecule has 0 unspecified atom stereocenters. The Labute approximate surface area is 90.9 Å². The monoisotopic (exact) mass is 219 g/mol. The zero-order valence-corrected chi connectivity index (χ0v) is 8.71. The standard InChI is InChI=1S/C12H10FNO2/c1-7(15)4-9-5-8-6-10(13)2-3-11(8)14-12(9)16/h2-3,5-6H,4H2,1H3,(H,14,16). The van der Waals surface area contributed by atoms with Crippen LogP contribution in [0.2, 0.25) is 0 Å². The summed E-state index contributed by atoms with van der Waals surface area (Å²) in [6.45, 7) is 1.41. The molecule has 0 radical (unpaired) electrons. The molecule has 0 atom stereocenters. The zero-order valence-electron chi connectivity index (χ0n) is 8.71. The molecule has 0 saturated carbocycles. The first-order valence-corrected chi connectivity index (χ1v) is 4.87. The fourth-order valence-corrected chi connectivity index (χ4v) is 1.62. The summed E-state index contributed by atoms with van der Waals surface area (Å²) in [5.41, 5.74) is 0.638. The van der Waals surface area contributed by atoms with Crippen LogP contribution in [0.5, 0.6) is 0 Å². The summed E-state index contributed by atoms with van der Waals surface area (Å²) in [7, 11) is 0. The number of aromatic nitrogens is 1. The largest absolute Gasteiger partial charge is 0.322 e. The quantitative estimate of drug-likeness (QED) is 0.837. The second-order valence-electron chi connectivity index (χ2n) is 3.73. The van der Waals surface area contributed by atoms with Crippen LogP contribution in [0, 0.1) is 5.82 Å². The summed E-state index contributed by atoms with van der Waals surface area (Å²) >= 11 is 0. The van der Waals surface area contributed by atoms with Crippen LogP contribution >= 0.6 is 0 Å². The molecule has 0 amide bonds. The fraction of sp³-hybridized carbons (Fsp3) is 0.167. The Kier molecular flexibility index (Phi) is 2.56. The molecule has 0 saturated heterocycles. The summed E-state index contributed by atoms with van der Waals surface area (Å²) in [6, 6.07) is 5.67. The molecule has 3 nitrogen and oxygen atoms in total. The Hall–Kier alpha value is -1.97. The summed E-state index contributed by atoms with van der Waals surface area (Å²) in [5, 5.41) is 0.593. The number of pyridine rings is 1. The normalized spacial score (nSPS) is 10.6. The Bertz CT molecular complexity index is 616. The van der Waals surface area contributed by atoms with E-state index < -0.39 is 0 Å². The molecule has 2 rings (SSSR count). The highest BCUT2D eigenvalue weighted by atomic mass is 19.1. The van der Waals surface area contributed by atoms with Gasteiger partial charge in [0.1, 0.15) is 11.6 Å². The van der Waals surface area contributed by atoms with Crippen molar-refractivity contribution in [3.8, 4) is 0 Å². The third-order valence-electron chi connectivity index (χ3n) is 2.32. The van der Waals surface area contributed by atoms with Crippen LogP contribution in [-0.2, 0) is 11.2 Å². The van der Waals surface area contributed by atoms with E-state index in [4.69, 9.17) is 0 Å². The number of carbonyl (C=O) groups is 1. The van der Waals surface area contributed by atoms with Gasteiger partial charge in [0.15, 0.2) is 0 Å². The molecule has 0 bridgehead atoms. The number of nitrogens with one attached hydrogen (secondary N) is 1. The minimum absolute atomic E-state index is 0.0712. The molecular weight excluding hydrogens is 209 g/mol. The van der Waals surface area contributed by atoms with E-state index in [2.05, 4.69) is 4.98 Å². The number of halogens is 1. The van der Waals surface area contributed by atoms with Gasteiger partial charge < -0.3 is 4.98 Å². The molecular formula is C12H10FNO2. The minimum Gasteiger partial charge on any atom is -0.322 e. The smallest absolute Gasteiger partial charge is 0.252 e. The molecule has 2 aromatic rings. The third-order valence-corrected chi connectivity index (χ3v) is 2.32. The first-order chi connectivity index (χ1) is 7.56. The van der Waals surface area contributed by atoms with E-state index in [9.17, 15) is 14.0 Å². The number of hydrogen-bond acceptors (Lipinski definition) is 2. The molecule has 1 N–H and O–H groups in total. The van der Waals surface area contributed by atoms with Crippen molar-refractivity contribution in [2.45, 2.75) is 13.3 Å². The van der Waals surface area contributed by atoms with Crippen molar-refractivity contribution in [2.24, 2.45) is 0 Å². The molecule has 0 aliphatic rings. The van der Waals surface area contributed by atoms with Crippen LogP contribution in [0.3, 0.4) is 0 Å². The maximum Gasteiger partial charge on any atom is 0.252 e. The van der Waals surface area contributed by atoms with Crippen molar-refractivity contribution in [1.82, 2.24) is 4.98 Å². The van der Waals surface area contributed by atoms with Crippen LogP contribution in [-0.4, -0.2) is 10.8 Å². The number of fused-ring (bicyclic) bond motifs is 1. The van der Waals surface area contributed by atoms with Gasteiger partial charge in [-0.05, 0) is 31.2 Å². The van der Waals surface area contributed by atoms with E-state index in [0.29, 0.717) is 16.5 Å². The van der Waals surface area contributed by atoms with Gasteiger partial charge in [-0.1, -0.05) is 0 Å². The summed E-state index contributed by atoms with van der Waals surface area (Å²) in [6.07, 6.45) is 0.0712. The SMILES string of the molecule is CC(=O)Cc1cc2cc(F)ccc2[nH]c1=O. The lowest BCUT2D eigenvalue weighted by Crippen LogP contribution is -2.14. The van der Waals surface area contributed by atoms with Crippen LogP contribution in [0.1, 0.15) is 12.5 Å². The summed E-state index contributed by atoms with van der Waals surface area (Å²) in [4.78, 5) is 25.1. The Balaban J connectivity index is 2.64. The fourth-order valence-electron chi connectivity index (χ4n) is 1.62. The average molecular weight is 219 g/mol. The van der Waals surface area contributed by atoms with E-state index in [-0.39, 0.29) is 23.6 Å². The van der Waals surface area contributed by atoms with E-state index in [0.717, 1.165) is 0 Å². The van der Waals surface area contributed by atoms with Gasteiger partial charge >= 0.3 is 0 Å². The Morgan fingerprint density at radius 1 is 1.38 bits per heavy atom. The number of Topliss-reactive ketones (excluding diaryl/α,β-unsaturated/α-hetero) is 1. The van der Waals surface area contributed by atoms with Crippen molar-refractivity contribution < 1.29 is 9.18 Å². The zero-order chi connectivity index (χ0) is 11.7. The number of ketones is 1. The first kappa shape index (κ1) is 10.5. The molecule has 0 spiro atoms. The van der Waals surface area contributed by atoms with Gasteiger partial charge in [-0.15, -0.1) is 0 Å². The second-order valence-corrected chi connectivity index (χ2v) is 3.73. The maximum atomic E-state index is 13.0. The number of H-pyrrole nitrogens is 1. The van der Waals surface area contributed by atoms with Crippen molar-refractivity contribution in [1.29, 1.82) is 0 Å². The molecule has 0 aliphatic carbocycles. The lowest BCUT2D eigenvalue weighted by Gasteiger charge is -2.01. The number of carbonyl (C=O) groups excluding carboxylic acids is 1. The topological polar surface area (TPSA) is 49.9 Å². The van der Waals surface area contributed by atoms with Crippen LogP contribution in [0.4, 0.5) is 4.39 Å². The molecule has 1 aromatic heterocycles. The van der Waals surface area contributed by atoms with Gasteiger partial charge in [0.2, 0.25) is 0 Å². The highest BCUT2D eigenvalue weighted by Gasteiger charge is 2.05. The van der Waals surface area contributed by atoms with Crippen molar-refractivity contribution >= 4 is 16.7 Å². The molecule has 1 aromatic carbocycles. The van der Waals surface area contributed by atoms with Gasteiger partial charge in [0, 0.05) is 22.9 Å². The van der Waals surface area contributed by atoms with Gasteiger partial charge in [-0.25, -0.2) is 4.39 Å².